The van der Waals surface area contributed by atoms with Crippen molar-refractivity contribution in [2.45, 2.75) is 45.5 Å². The molecule has 1 heterocycles. The molecule has 0 saturated heterocycles. The molecule has 2 unspecified atom stereocenters. The highest BCUT2D eigenvalue weighted by Crippen LogP contribution is 2.38. The van der Waals surface area contributed by atoms with Gasteiger partial charge in [0.25, 0.3) is 0 Å². The topological polar surface area (TPSA) is 55.8 Å². The highest BCUT2D eigenvalue weighted by Gasteiger charge is 2.31. The highest BCUT2D eigenvalue weighted by molar-refractivity contribution is 7.81. The molecule has 0 saturated carbocycles. The molecule has 186 valence electrons. The minimum Gasteiger partial charge on any atom is -0.755 e. The van der Waals surface area contributed by atoms with Crippen LogP contribution in [0.5, 0.6) is 5.75 Å². The van der Waals surface area contributed by atoms with Crippen LogP contribution in [0.2, 0.25) is 0 Å². The maximum atomic E-state index is 12.5. The van der Waals surface area contributed by atoms with E-state index in [0.29, 0.717) is 11.4 Å². The van der Waals surface area contributed by atoms with E-state index < -0.39 is 17.6 Å². The second kappa shape index (κ2) is 11.5. The van der Waals surface area contributed by atoms with E-state index in [2.05, 4.69) is 16.6 Å². The van der Waals surface area contributed by atoms with Crippen LogP contribution in [0.4, 0.5) is 18.2 Å². The first kappa shape index (κ1) is 26.5. The lowest BCUT2D eigenvalue weighted by Gasteiger charge is -2.35. The largest absolute Gasteiger partial charge is 0.755 e. The van der Waals surface area contributed by atoms with E-state index in [1.807, 2.05) is 38.2 Å². The Bertz CT molecular complexity index is 1100. The fraction of sp³-hybridized carbons (Fsp3) is 0.417. The van der Waals surface area contributed by atoms with Crippen molar-refractivity contribution in [3.8, 4) is 5.75 Å². The number of hydrogen-bond acceptors (Lipinski definition) is 5. The third kappa shape index (κ3) is 6.94. The molecule has 0 amide bonds. The van der Waals surface area contributed by atoms with Crippen LogP contribution in [-0.2, 0) is 17.7 Å². The van der Waals surface area contributed by atoms with Gasteiger partial charge < -0.3 is 14.2 Å². The van der Waals surface area contributed by atoms with Gasteiger partial charge in [-0.05, 0) is 68.1 Å². The molecule has 0 aliphatic heterocycles. The van der Waals surface area contributed by atoms with Gasteiger partial charge in [-0.2, -0.15) is 0 Å². The average molecular weight is 514 g/mol. The number of anilines is 1. The van der Waals surface area contributed by atoms with Crippen molar-refractivity contribution in [3.63, 3.8) is 0 Å². The Morgan fingerprint density at radius 2 is 1.82 bits per heavy atom. The summed E-state index contributed by atoms with van der Waals surface area (Å²) in [5.74, 6) is -0.282. The predicted molar refractivity (Wildman–Crippen MR) is 131 cm³/mol. The van der Waals surface area contributed by atoms with E-state index in [4.69, 9.17) is 0 Å². The summed E-state index contributed by atoms with van der Waals surface area (Å²) in [6.07, 6.45) is -2.32. The molecule has 0 spiro atoms. The van der Waals surface area contributed by atoms with Gasteiger partial charge in [-0.3, -0.25) is 8.51 Å². The third-order valence-electron chi connectivity index (χ3n) is 5.72. The average Bonchev–Trinajstić information content (AvgIpc) is 3.11. The summed E-state index contributed by atoms with van der Waals surface area (Å²) < 4.78 is 68.4. The zero-order valence-corrected chi connectivity index (χ0v) is 20.9. The Balaban J connectivity index is 1.86. The molecule has 0 bridgehead atoms. The maximum Gasteiger partial charge on any atom is 0.573 e. The lowest BCUT2D eigenvalue weighted by atomic mass is 10.0. The summed E-state index contributed by atoms with van der Waals surface area (Å²) in [7, 11) is 1.95. The van der Waals surface area contributed by atoms with Crippen LogP contribution in [0.15, 0.2) is 48.5 Å². The van der Waals surface area contributed by atoms with E-state index in [1.54, 1.807) is 12.1 Å². The Hall–Kier alpha value is -2.14. The molecular formula is C24H28F3N2O3S2-. The first-order valence-corrected chi connectivity index (χ1v) is 12.8. The molecule has 3 rings (SSSR count). The molecule has 5 nitrogen and oxygen atoms in total. The lowest BCUT2D eigenvalue weighted by molar-refractivity contribution is -0.274. The molecule has 0 fully saturated rings. The van der Waals surface area contributed by atoms with E-state index in [0.717, 1.165) is 40.6 Å². The lowest BCUT2D eigenvalue weighted by Crippen LogP contribution is -2.44. The number of nitrogens with zero attached hydrogens (tertiary/aromatic N) is 2. The third-order valence-corrected chi connectivity index (χ3v) is 7.82. The number of thiophene rings is 1. The molecule has 0 radical (unpaired) electrons. The molecule has 0 aliphatic carbocycles. The van der Waals surface area contributed by atoms with Gasteiger partial charge in [0.15, 0.2) is 0 Å². The maximum absolute atomic E-state index is 12.5. The van der Waals surface area contributed by atoms with E-state index in [1.165, 1.54) is 27.8 Å². The van der Waals surface area contributed by atoms with Crippen molar-refractivity contribution < 1.29 is 26.7 Å². The monoisotopic (exact) mass is 513 g/mol. The van der Waals surface area contributed by atoms with Gasteiger partial charge in [0, 0.05) is 28.6 Å². The quantitative estimate of drug-likeness (QED) is 0.293. The van der Waals surface area contributed by atoms with Crippen LogP contribution in [-0.4, -0.2) is 46.2 Å². The smallest absolute Gasteiger partial charge is 0.573 e. The van der Waals surface area contributed by atoms with E-state index >= 15 is 0 Å². The minimum absolute atomic E-state index is 0.177. The molecule has 10 heteroatoms. The number of ether oxygens (including phenoxy) is 1. The fourth-order valence-corrected chi connectivity index (χ4v) is 5.84. The standard InChI is InChI=1S/C24H29F3N2O3S2/c1-4-5-14-28(3)19(15-18-10-12-20(13-11-18)32-24(25,26)27)16-29(34(30)31)23-17(2)21-8-6-7-9-22(21)33-23/h6-13,19H,4-5,14-16H2,1-3H3,(H,30,31)/p-1. The summed E-state index contributed by atoms with van der Waals surface area (Å²) in [6.45, 7) is 5.01. The van der Waals surface area contributed by atoms with Crippen molar-refractivity contribution in [2.75, 3.05) is 24.4 Å². The number of fused-ring (bicyclic) bond motifs is 1. The van der Waals surface area contributed by atoms with E-state index in [-0.39, 0.29) is 18.3 Å². The molecular weight excluding hydrogens is 485 g/mol. The van der Waals surface area contributed by atoms with Gasteiger partial charge in [-0.25, -0.2) is 0 Å². The Labute approximate surface area is 204 Å². The number of rotatable bonds is 11. The minimum atomic E-state index is -4.74. The molecule has 1 aromatic heterocycles. The van der Waals surface area contributed by atoms with Crippen LogP contribution in [0, 0.1) is 6.92 Å². The van der Waals surface area contributed by atoms with Gasteiger partial charge in [0.05, 0.1) is 0 Å². The second-order valence-corrected chi connectivity index (χ2v) is 10.1. The zero-order chi connectivity index (χ0) is 24.9. The van der Waals surface area contributed by atoms with Crippen LogP contribution in [0.1, 0.15) is 30.9 Å². The Morgan fingerprint density at radius 3 is 2.41 bits per heavy atom. The highest BCUT2D eigenvalue weighted by atomic mass is 32.2. The summed E-state index contributed by atoms with van der Waals surface area (Å²) >= 11 is -1.05. The number of benzene rings is 2. The van der Waals surface area contributed by atoms with Crippen LogP contribution in [0.25, 0.3) is 10.1 Å². The van der Waals surface area contributed by atoms with Crippen molar-refractivity contribution in [3.05, 3.63) is 59.7 Å². The van der Waals surface area contributed by atoms with Crippen molar-refractivity contribution in [2.24, 2.45) is 0 Å². The normalized spacial score (nSPS) is 13.9. The Kier molecular flexibility index (Phi) is 8.97. The van der Waals surface area contributed by atoms with Gasteiger partial charge in [-0.15, -0.1) is 24.5 Å². The summed E-state index contributed by atoms with van der Waals surface area (Å²) in [4.78, 5) is 2.12. The van der Waals surface area contributed by atoms with Crippen LogP contribution < -0.4 is 9.04 Å². The predicted octanol–water partition coefficient (Wildman–Crippen LogP) is 6.05. The van der Waals surface area contributed by atoms with Gasteiger partial charge in [-0.1, -0.05) is 43.7 Å². The van der Waals surface area contributed by atoms with Gasteiger partial charge in [0.2, 0.25) is 0 Å². The first-order valence-electron chi connectivity index (χ1n) is 11.0. The van der Waals surface area contributed by atoms with E-state index in [9.17, 15) is 21.9 Å². The molecule has 3 aromatic rings. The van der Waals surface area contributed by atoms with Gasteiger partial charge >= 0.3 is 6.36 Å². The summed E-state index contributed by atoms with van der Waals surface area (Å²) in [5, 5.41) is 1.70. The van der Waals surface area contributed by atoms with Crippen LogP contribution in [0.3, 0.4) is 0 Å². The van der Waals surface area contributed by atoms with Crippen molar-refractivity contribution in [1.29, 1.82) is 0 Å². The molecule has 34 heavy (non-hydrogen) atoms. The van der Waals surface area contributed by atoms with Gasteiger partial charge in [0.1, 0.15) is 10.8 Å². The number of halogens is 3. The number of hydrogen-bond donors (Lipinski definition) is 0. The zero-order valence-electron chi connectivity index (χ0n) is 19.3. The molecule has 0 aliphatic rings. The van der Waals surface area contributed by atoms with Crippen LogP contribution >= 0.6 is 11.3 Å². The Morgan fingerprint density at radius 1 is 1.15 bits per heavy atom. The van der Waals surface area contributed by atoms with Crippen molar-refractivity contribution >= 4 is 37.7 Å². The number of unbranched alkanes of at least 4 members (excludes halogenated alkanes) is 1. The number of alkyl halides is 3. The number of aryl methyl sites for hydroxylation is 1. The summed E-state index contributed by atoms with van der Waals surface area (Å²) in [6, 6.07) is 13.4. The molecule has 2 aromatic carbocycles. The second-order valence-electron chi connectivity index (χ2n) is 8.19. The fourth-order valence-electron chi connectivity index (χ4n) is 3.85. The van der Waals surface area contributed by atoms with Crippen molar-refractivity contribution in [1.82, 2.24) is 4.90 Å². The summed E-state index contributed by atoms with van der Waals surface area (Å²) in [5.41, 5.74) is 1.71. The molecule has 0 N–H and O–H groups in total. The SMILES string of the molecule is CCCCN(C)C(Cc1ccc(OC(F)(F)F)cc1)CN(c1sc2ccccc2c1C)S(=O)[O-]. The first-order chi connectivity index (χ1) is 16.1. The number of likely N-dealkylation sites (N-methyl/N-ethyl adjacent to an activating group) is 1. The molecule has 2 atom stereocenters.